The summed E-state index contributed by atoms with van der Waals surface area (Å²) in [5.41, 5.74) is 2.15. The van der Waals surface area contributed by atoms with E-state index in [0.29, 0.717) is 48.0 Å². The van der Waals surface area contributed by atoms with Crippen LogP contribution in [0.1, 0.15) is 28.0 Å². The van der Waals surface area contributed by atoms with Crippen LogP contribution in [0, 0.1) is 11.3 Å². The standard InChI is InChI=1S/C22H25N3O6S/c1-29-15-4-5-18(30-2)14(11-15)3-6-20(27)24-21-17(12-23)16-7-8-25(13-19(16)32-21)22(28)31-10-9-26/h4-5,11,26H,3,6-10,13H2,1-2H3,(H,24,27). The number of ether oxygens (including phenoxy) is 3. The molecule has 0 aliphatic carbocycles. The summed E-state index contributed by atoms with van der Waals surface area (Å²) >= 11 is 1.30. The number of benzene rings is 1. The van der Waals surface area contributed by atoms with Crippen LogP contribution < -0.4 is 14.8 Å². The lowest BCUT2D eigenvalue weighted by Crippen LogP contribution is -2.36. The number of hydrogen-bond donors (Lipinski definition) is 2. The lowest BCUT2D eigenvalue weighted by atomic mass is 10.0. The number of aryl methyl sites for hydroxylation is 1. The Morgan fingerprint density at radius 1 is 1.31 bits per heavy atom. The Hall–Kier alpha value is -3.29. The Morgan fingerprint density at radius 3 is 2.81 bits per heavy atom. The Morgan fingerprint density at radius 2 is 2.12 bits per heavy atom. The maximum atomic E-state index is 12.6. The van der Waals surface area contributed by atoms with E-state index in [1.54, 1.807) is 26.4 Å². The smallest absolute Gasteiger partial charge is 0.410 e. The van der Waals surface area contributed by atoms with Crippen molar-refractivity contribution >= 4 is 28.3 Å². The monoisotopic (exact) mass is 459 g/mol. The third kappa shape index (κ3) is 5.30. The molecule has 2 heterocycles. The van der Waals surface area contributed by atoms with Crippen LogP contribution in [0.3, 0.4) is 0 Å². The maximum Gasteiger partial charge on any atom is 0.410 e. The van der Waals surface area contributed by atoms with Crippen LogP contribution in [0.15, 0.2) is 18.2 Å². The Labute approximate surface area is 190 Å². The van der Waals surface area contributed by atoms with Crippen LogP contribution in [-0.2, 0) is 28.9 Å². The number of amides is 2. The van der Waals surface area contributed by atoms with Gasteiger partial charge in [-0.05, 0) is 42.2 Å². The van der Waals surface area contributed by atoms with Gasteiger partial charge in [-0.1, -0.05) is 0 Å². The zero-order chi connectivity index (χ0) is 23.1. The van der Waals surface area contributed by atoms with E-state index in [-0.39, 0.29) is 25.5 Å². The second-order valence-electron chi connectivity index (χ2n) is 7.06. The summed E-state index contributed by atoms with van der Waals surface area (Å²) in [5.74, 6) is 1.14. The fraction of sp³-hybridized carbons (Fsp3) is 0.409. The molecule has 0 atom stereocenters. The summed E-state index contributed by atoms with van der Waals surface area (Å²) in [6.45, 7) is 0.414. The van der Waals surface area contributed by atoms with Crippen molar-refractivity contribution < 1.29 is 28.9 Å². The number of carbonyl (C=O) groups is 2. The largest absolute Gasteiger partial charge is 0.497 e. The molecule has 170 valence electrons. The minimum atomic E-state index is -0.505. The lowest BCUT2D eigenvalue weighted by molar-refractivity contribution is -0.116. The first-order chi connectivity index (χ1) is 15.5. The quantitative estimate of drug-likeness (QED) is 0.622. The van der Waals surface area contributed by atoms with E-state index >= 15 is 0 Å². The zero-order valence-corrected chi connectivity index (χ0v) is 18.8. The van der Waals surface area contributed by atoms with Gasteiger partial charge >= 0.3 is 6.09 Å². The number of fused-ring (bicyclic) bond motifs is 1. The predicted molar refractivity (Wildman–Crippen MR) is 118 cm³/mol. The zero-order valence-electron chi connectivity index (χ0n) is 18.0. The first-order valence-corrected chi connectivity index (χ1v) is 10.9. The molecule has 0 saturated heterocycles. The molecule has 0 saturated carbocycles. The number of methoxy groups -OCH3 is 2. The van der Waals surface area contributed by atoms with Crippen LogP contribution in [0.4, 0.5) is 9.80 Å². The maximum absolute atomic E-state index is 12.6. The van der Waals surface area contributed by atoms with Gasteiger partial charge in [-0.2, -0.15) is 5.26 Å². The molecule has 1 aromatic heterocycles. The van der Waals surface area contributed by atoms with Gasteiger partial charge in [0.05, 0.1) is 32.9 Å². The van der Waals surface area contributed by atoms with Gasteiger partial charge in [0.1, 0.15) is 29.2 Å². The SMILES string of the molecule is COc1ccc(OC)c(CCC(=O)Nc2sc3c(c2C#N)CCN(C(=O)OCCO)C3)c1. The molecule has 0 fully saturated rings. The summed E-state index contributed by atoms with van der Waals surface area (Å²) in [4.78, 5) is 27.1. The van der Waals surface area contributed by atoms with Crippen molar-refractivity contribution in [3.8, 4) is 17.6 Å². The van der Waals surface area contributed by atoms with E-state index in [1.165, 1.54) is 16.2 Å². The molecule has 1 aliphatic heterocycles. The van der Waals surface area contributed by atoms with Gasteiger partial charge in [0.25, 0.3) is 0 Å². The number of hydrogen-bond acceptors (Lipinski definition) is 8. The van der Waals surface area contributed by atoms with E-state index < -0.39 is 6.09 Å². The Kier molecular flexibility index (Phi) is 7.92. The average molecular weight is 460 g/mol. The second kappa shape index (κ2) is 10.8. The highest BCUT2D eigenvalue weighted by atomic mass is 32.1. The number of nitriles is 1. The molecule has 0 unspecified atom stereocenters. The van der Waals surface area contributed by atoms with E-state index in [9.17, 15) is 14.9 Å². The number of rotatable bonds is 8. The average Bonchev–Trinajstić information content (AvgIpc) is 3.16. The molecule has 3 rings (SSSR count). The minimum absolute atomic E-state index is 0.0601. The molecule has 0 spiro atoms. The van der Waals surface area contributed by atoms with E-state index in [1.807, 2.05) is 6.07 Å². The van der Waals surface area contributed by atoms with E-state index in [4.69, 9.17) is 19.3 Å². The molecule has 32 heavy (non-hydrogen) atoms. The third-order valence-corrected chi connectivity index (χ3v) is 6.24. The molecule has 0 radical (unpaired) electrons. The second-order valence-corrected chi connectivity index (χ2v) is 8.16. The van der Waals surface area contributed by atoms with E-state index in [2.05, 4.69) is 11.4 Å². The van der Waals surface area contributed by atoms with Gasteiger partial charge in [0.15, 0.2) is 0 Å². The number of thiophene rings is 1. The molecule has 2 amide bonds. The minimum Gasteiger partial charge on any atom is -0.497 e. The van der Waals surface area contributed by atoms with Crippen molar-refractivity contribution in [2.75, 3.05) is 39.3 Å². The molecule has 10 heteroatoms. The molecule has 9 nitrogen and oxygen atoms in total. The number of aliphatic hydroxyl groups excluding tert-OH is 1. The number of nitrogens with one attached hydrogen (secondary N) is 1. The first-order valence-electron chi connectivity index (χ1n) is 10.1. The Bertz CT molecular complexity index is 1030. The fourth-order valence-corrected chi connectivity index (χ4v) is 4.73. The summed E-state index contributed by atoms with van der Waals surface area (Å²) in [6.07, 6.45) is 0.648. The van der Waals surface area contributed by atoms with Crippen molar-refractivity contribution in [3.05, 3.63) is 39.8 Å². The summed E-state index contributed by atoms with van der Waals surface area (Å²) in [6, 6.07) is 7.61. The van der Waals surface area contributed by atoms with E-state index in [0.717, 1.165) is 16.0 Å². The topological polar surface area (TPSA) is 121 Å². The number of aliphatic hydroxyl groups is 1. The molecule has 0 bridgehead atoms. The summed E-state index contributed by atoms with van der Waals surface area (Å²) in [5, 5.41) is 21.8. The molecule has 1 aromatic carbocycles. The molecule has 2 aromatic rings. The van der Waals surface area contributed by atoms with Gasteiger partial charge in [-0.25, -0.2) is 4.79 Å². The highest BCUT2D eigenvalue weighted by Crippen LogP contribution is 2.37. The third-order valence-electron chi connectivity index (χ3n) is 5.11. The normalized spacial score (nSPS) is 12.5. The summed E-state index contributed by atoms with van der Waals surface area (Å²) < 4.78 is 15.6. The van der Waals surface area contributed by atoms with Crippen molar-refractivity contribution in [3.63, 3.8) is 0 Å². The lowest BCUT2D eigenvalue weighted by Gasteiger charge is -2.26. The van der Waals surface area contributed by atoms with Gasteiger partial charge in [-0.15, -0.1) is 11.3 Å². The van der Waals surface area contributed by atoms with Crippen LogP contribution >= 0.6 is 11.3 Å². The summed E-state index contributed by atoms with van der Waals surface area (Å²) in [7, 11) is 3.15. The van der Waals surface area contributed by atoms with Gasteiger partial charge in [-0.3, -0.25) is 4.79 Å². The van der Waals surface area contributed by atoms with Crippen LogP contribution in [0.2, 0.25) is 0 Å². The van der Waals surface area contributed by atoms with Crippen molar-refractivity contribution in [2.45, 2.75) is 25.8 Å². The van der Waals surface area contributed by atoms with Crippen molar-refractivity contribution in [1.29, 1.82) is 5.26 Å². The van der Waals surface area contributed by atoms with Crippen molar-refractivity contribution in [2.24, 2.45) is 0 Å². The first kappa shape index (κ1) is 23.4. The fourth-order valence-electron chi connectivity index (χ4n) is 3.50. The van der Waals surface area contributed by atoms with Gasteiger partial charge in [0.2, 0.25) is 5.91 Å². The molecular weight excluding hydrogens is 434 g/mol. The predicted octanol–water partition coefficient (Wildman–Crippen LogP) is 2.70. The van der Waals surface area contributed by atoms with Crippen LogP contribution in [0.25, 0.3) is 0 Å². The number of nitrogens with zero attached hydrogens (tertiary/aromatic N) is 2. The molecular formula is C22H25N3O6S. The number of carbonyl (C=O) groups excluding carboxylic acids is 2. The Balaban J connectivity index is 1.67. The highest BCUT2D eigenvalue weighted by Gasteiger charge is 2.28. The molecule has 2 N–H and O–H groups in total. The van der Waals surface area contributed by atoms with Crippen molar-refractivity contribution in [1.82, 2.24) is 4.90 Å². The van der Waals surface area contributed by atoms with Crippen LogP contribution in [0.5, 0.6) is 11.5 Å². The van der Waals surface area contributed by atoms with Crippen LogP contribution in [-0.4, -0.2) is 56.0 Å². The van der Waals surface area contributed by atoms with Gasteiger partial charge < -0.3 is 29.5 Å². The molecule has 1 aliphatic rings. The number of anilines is 1. The van der Waals surface area contributed by atoms with Gasteiger partial charge in [0, 0.05) is 17.8 Å². The highest BCUT2D eigenvalue weighted by molar-refractivity contribution is 7.16.